The largest absolute Gasteiger partial charge is 0.507 e. The molecule has 3 aliphatic rings. The van der Waals surface area contributed by atoms with Gasteiger partial charge in [0.05, 0.1) is 18.2 Å². The van der Waals surface area contributed by atoms with E-state index in [1.54, 1.807) is 6.07 Å². The van der Waals surface area contributed by atoms with E-state index in [1.807, 2.05) is 30.3 Å². The molecular formula is C26H32N2O3. The third-order valence-electron chi connectivity index (χ3n) is 7.28. The van der Waals surface area contributed by atoms with Gasteiger partial charge in [-0.3, -0.25) is 14.7 Å². The predicted molar refractivity (Wildman–Crippen MR) is 123 cm³/mol. The number of aliphatic imine (C=N–C) groups is 1. The van der Waals surface area contributed by atoms with Gasteiger partial charge < -0.3 is 9.84 Å². The van der Waals surface area contributed by atoms with Gasteiger partial charge in [-0.15, -0.1) is 0 Å². The average Bonchev–Trinajstić information content (AvgIpc) is 3.45. The summed E-state index contributed by atoms with van der Waals surface area (Å²) in [5, 5.41) is 12.4. The molecule has 0 unspecified atom stereocenters. The van der Waals surface area contributed by atoms with E-state index >= 15 is 0 Å². The Labute approximate surface area is 184 Å². The van der Waals surface area contributed by atoms with Gasteiger partial charge in [-0.1, -0.05) is 49.6 Å². The summed E-state index contributed by atoms with van der Waals surface area (Å²) in [5.41, 5.74) is 0.440. The van der Waals surface area contributed by atoms with E-state index in [2.05, 4.69) is 9.89 Å². The monoisotopic (exact) mass is 420 g/mol. The lowest BCUT2D eigenvalue weighted by Crippen LogP contribution is -2.39. The molecule has 5 rings (SSSR count). The van der Waals surface area contributed by atoms with Gasteiger partial charge in [-0.2, -0.15) is 0 Å². The van der Waals surface area contributed by atoms with Crippen LogP contribution in [0.25, 0.3) is 10.8 Å². The van der Waals surface area contributed by atoms with Crippen molar-refractivity contribution in [3.63, 3.8) is 0 Å². The van der Waals surface area contributed by atoms with Crippen molar-refractivity contribution in [3.05, 3.63) is 42.0 Å². The Hall–Kier alpha value is -2.40. The number of carbonyl (C=O) groups is 1. The van der Waals surface area contributed by atoms with Crippen molar-refractivity contribution in [3.8, 4) is 5.75 Å². The van der Waals surface area contributed by atoms with Crippen LogP contribution in [0.2, 0.25) is 0 Å². The van der Waals surface area contributed by atoms with E-state index in [-0.39, 0.29) is 23.5 Å². The fourth-order valence-corrected chi connectivity index (χ4v) is 5.71. The van der Waals surface area contributed by atoms with Crippen LogP contribution in [-0.2, 0) is 4.74 Å². The zero-order chi connectivity index (χ0) is 21.2. The molecule has 1 saturated carbocycles. The molecule has 31 heavy (non-hydrogen) atoms. The molecule has 2 aliphatic heterocycles. The van der Waals surface area contributed by atoms with E-state index in [4.69, 9.17) is 4.74 Å². The van der Waals surface area contributed by atoms with Gasteiger partial charge >= 0.3 is 0 Å². The van der Waals surface area contributed by atoms with Gasteiger partial charge in [0, 0.05) is 24.9 Å². The third-order valence-corrected chi connectivity index (χ3v) is 7.28. The number of carbonyl (C=O) groups excluding carboxylic acids is 1. The first-order chi connectivity index (χ1) is 15.2. The molecule has 0 radical (unpaired) electrons. The van der Waals surface area contributed by atoms with Crippen molar-refractivity contribution in [2.24, 2.45) is 16.8 Å². The van der Waals surface area contributed by atoms with Crippen LogP contribution in [0.1, 0.15) is 55.3 Å². The van der Waals surface area contributed by atoms with E-state index in [9.17, 15) is 9.90 Å². The normalized spacial score (nSPS) is 25.0. The summed E-state index contributed by atoms with van der Waals surface area (Å²) < 4.78 is 5.84. The smallest absolute Gasteiger partial charge is 0.201 e. The van der Waals surface area contributed by atoms with E-state index in [1.165, 1.54) is 32.1 Å². The first kappa shape index (κ1) is 20.5. The Bertz CT molecular complexity index is 980. The number of phenolic OH excluding ortho intramolecular Hbond substituents is 1. The van der Waals surface area contributed by atoms with E-state index < -0.39 is 0 Å². The van der Waals surface area contributed by atoms with Gasteiger partial charge in [0.25, 0.3) is 0 Å². The van der Waals surface area contributed by atoms with Gasteiger partial charge in [0.1, 0.15) is 12.4 Å². The van der Waals surface area contributed by atoms with Gasteiger partial charge in [0.2, 0.25) is 5.90 Å². The molecule has 164 valence electrons. The van der Waals surface area contributed by atoms with Gasteiger partial charge in [0.15, 0.2) is 5.78 Å². The van der Waals surface area contributed by atoms with Crippen LogP contribution in [0.5, 0.6) is 5.75 Å². The van der Waals surface area contributed by atoms with Crippen molar-refractivity contribution in [1.29, 1.82) is 0 Å². The lowest BCUT2D eigenvalue weighted by Gasteiger charge is -2.30. The number of ketones is 1. The summed E-state index contributed by atoms with van der Waals surface area (Å²) in [4.78, 5) is 20.3. The molecule has 0 aromatic heterocycles. The first-order valence-electron chi connectivity index (χ1n) is 11.8. The summed E-state index contributed by atoms with van der Waals surface area (Å²) in [6, 6.07) is 11.6. The summed E-state index contributed by atoms with van der Waals surface area (Å²) in [6.45, 7) is 3.41. The number of benzene rings is 2. The third kappa shape index (κ3) is 4.33. The average molecular weight is 421 g/mol. The second kappa shape index (κ2) is 8.99. The highest BCUT2D eigenvalue weighted by Crippen LogP contribution is 2.35. The quantitative estimate of drug-likeness (QED) is 0.681. The molecule has 2 aromatic rings. The molecule has 2 heterocycles. The Morgan fingerprint density at radius 1 is 1.10 bits per heavy atom. The molecule has 2 atom stereocenters. The number of phenols is 1. The Morgan fingerprint density at radius 3 is 2.74 bits per heavy atom. The molecule has 1 N–H and O–H groups in total. The second-order valence-corrected chi connectivity index (χ2v) is 9.45. The minimum atomic E-state index is 0.0285. The van der Waals surface area contributed by atoms with Crippen LogP contribution in [0.3, 0.4) is 0 Å². The van der Waals surface area contributed by atoms with Crippen molar-refractivity contribution < 1.29 is 14.6 Å². The van der Waals surface area contributed by atoms with Crippen LogP contribution < -0.4 is 0 Å². The molecule has 2 fully saturated rings. The maximum atomic E-state index is 13.1. The molecule has 5 nitrogen and oxygen atoms in total. The zero-order valence-corrected chi connectivity index (χ0v) is 18.1. The lowest BCUT2D eigenvalue weighted by atomic mass is 9.89. The van der Waals surface area contributed by atoms with Crippen molar-refractivity contribution in [2.45, 2.75) is 51.0 Å². The van der Waals surface area contributed by atoms with Gasteiger partial charge in [-0.25, -0.2) is 0 Å². The minimum absolute atomic E-state index is 0.0285. The van der Waals surface area contributed by atoms with E-state index in [0.717, 1.165) is 48.6 Å². The number of hydrogen-bond acceptors (Lipinski definition) is 5. The number of aromatic hydroxyl groups is 1. The summed E-state index contributed by atoms with van der Waals surface area (Å²) in [6.07, 6.45) is 8.02. The number of fused-ring (bicyclic) bond motifs is 1. The standard InChI is InChI=1S/C26H32N2O3/c29-24(22-11-10-20-8-4-5-9-21(20)25(22)30)15-19-14-23(26-27-12-13-31-26)28(17-19)16-18-6-2-1-3-7-18/h4-5,8-11,18-19,23,30H,1-3,6-7,12-17H2/t19-,23+/m1/s1. The highest BCUT2D eigenvalue weighted by molar-refractivity contribution is 6.04. The molecule has 0 spiro atoms. The van der Waals surface area contributed by atoms with Gasteiger partial charge in [-0.05, 0) is 42.6 Å². The molecular weight excluding hydrogens is 388 g/mol. The maximum Gasteiger partial charge on any atom is 0.201 e. The van der Waals surface area contributed by atoms with Crippen LogP contribution in [-0.4, -0.2) is 54.0 Å². The fourth-order valence-electron chi connectivity index (χ4n) is 5.71. The van der Waals surface area contributed by atoms with Crippen molar-refractivity contribution in [1.82, 2.24) is 4.90 Å². The maximum absolute atomic E-state index is 13.1. The fraction of sp³-hybridized carbons (Fsp3) is 0.538. The topological polar surface area (TPSA) is 62.1 Å². The molecule has 0 amide bonds. The SMILES string of the molecule is O=C(C[C@H]1C[C@@H](C2=NCCO2)N(CC2CCCCC2)C1)c1ccc2ccccc2c1O. The molecule has 1 aliphatic carbocycles. The van der Waals surface area contributed by atoms with Crippen LogP contribution in [0.15, 0.2) is 41.4 Å². The first-order valence-corrected chi connectivity index (χ1v) is 11.8. The van der Waals surface area contributed by atoms with Crippen molar-refractivity contribution in [2.75, 3.05) is 26.2 Å². The molecule has 1 saturated heterocycles. The van der Waals surface area contributed by atoms with Crippen LogP contribution in [0.4, 0.5) is 0 Å². The van der Waals surface area contributed by atoms with Crippen LogP contribution >= 0.6 is 0 Å². The summed E-state index contributed by atoms with van der Waals surface area (Å²) in [5.74, 6) is 2.02. The summed E-state index contributed by atoms with van der Waals surface area (Å²) >= 11 is 0. The number of hydrogen-bond donors (Lipinski definition) is 1. The Kier molecular flexibility index (Phi) is 5.95. The number of ether oxygens (including phenoxy) is 1. The zero-order valence-electron chi connectivity index (χ0n) is 18.1. The number of nitrogens with zero attached hydrogens (tertiary/aromatic N) is 2. The summed E-state index contributed by atoms with van der Waals surface area (Å²) in [7, 11) is 0. The molecule has 5 heteroatoms. The number of rotatable bonds is 6. The van der Waals surface area contributed by atoms with E-state index in [0.29, 0.717) is 18.6 Å². The predicted octanol–water partition coefficient (Wildman–Crippen LogP) is 4.82. The Morgan fingerprint density at radius 2 is 1.94 bits per heavy atom. The van der Waals surface area contributed by atoms with Crippen molar-refractivity contribution >= 4 is 22.5 Å². The minimum Gasteiger partial charge on any atom is -0.507 e. The van der Waals surface area contributed by atoms with Crippen LogP contribution in [0, 0.1) is 11.8 Å². The number of likely N-dealkylation sites (tertiary alicyclic amines) is 1. The second-order valence-electron chi connectivity index (χ2n) is 9.45. The highest BCUT2D eigenvalue weighted by Gasteiger charge is 2.39. The highest BCUT2D eigenvalue weighted by atomic mass is 16.5. The molecule has 2 aromatic carbocycles. The lowest BCUT2D eigenvalue weighted by molar-refractivity contribution is 0.0958. The molecule has 0 bridgehead atoms. The number of Topliss-reactive ketones (excluding diaryl/α,β-unsaturated/α-hetero) is 1. The Balaban J connectivity index is 1.30.